The maximum Gasteiger partial charge on any atom is 0.238 e. The summed E-state index contributed by atoms with van der Waals surface area (Å²) < 4.78 is 6.90. The van der Waals surface area contributed by atoms with Crippen LogP contribution in [0.2, 0.25) is 0 Å². The number of carbonyl (C=O) groups is 1. The number of rotatable bonds is 8. The number of aromatic nitrogens is 3. The van der Waals surface area contributed by atoms with Crippen LogP contribution in [0.15, 0.2) is 36.5 Å². The zero-order valence-electron chi connectivity index (χ0n) is 19.1. The molecule has 32 heavy (non-hydrogen) atoms. The molecule has 1 aliphatic heterocycles. The molecule has 3 heterocycles. The van der Waals surface area contributed by atoms with Gasteiger partial charge >= 0.3 is 0 Å². The topological polar surface area (TPSA) is 84.3 Å². The van der Waals surface area contributed by atoms with E-state index < -0.39 is 0 Å². The van der Waals surface area contributed by atoms with Gasteiger partial charge in [-0.3, -0.25) is 14.4 Å². The zero-order valence-corrected chi connectivity index (χ0v) is 19.1. The Labute approximate surface area is 189 Å². The molecule has 1 fully saturated rings. The van der Waals surface area contributed by atoms with Gasteiger partial charge in [-0.05, 0) is 37.8 Å². The summed E-state index contributed by atoms with van der Waals surface area (Å²) in [5.74, 6) is 1.19. The lowest BCUT2D eigenvalue weighted by atomic mass is 9.93. The minimum Gasteiger partial charge on any atom is -0.383 e. The van der Waals surface area contributed by atoms with E-state index in [1.165, 1.54) is 5.39 Å². The van der Waals surface area contributed by atoms with Gasteiger partial charge in [-0.15, -0.1) is 0 Å². The molecule has 2 aromatic heterocycles. The number of fused-ring (bicyclic) bond motifs is 1. The number of likely N-dealkylation sites (tertiary alicyclic amines) is 1. The summed E-state index contributed by atoms with van der Waals surface area (Å²) in [4.78, 5) is 19.8. The highest BCUT2D eigenvalue weighted by Crippen LogP contribution is 2.30. The first kappa shape index (κ1) is 22.2. The van der Waals surface area contributed by atoms with E-state index in [1.807, 2.05) is 26.2 Å². The van der Waals surface area contributed by atoms with Crippen LogP contribution in [0.3, 0.4) is 0 Å². The first-order valence-corrected chi connectivity index (χ1v) is 11.2. The number of nitrogens with one attached hydrogen (secondary N) is 2. The Kier molecular flexibility index (Phi) is 7.02. The Bertz CT molecular complexity index is 1080. The van der Waals surface area contributed by atoms with E-state index in [4.69, 9.17) is 9.72 Å². The maximum absolute atomic E-state index is 12.6. The van der Waals surface area contributed by atoms with E-state index in [2.05, 4.69) is 44.9 Å². The third kappa shape index (κ3) is 5.26. The molecule has 1 aromatic carbocycles. The van der Waals surface area contributed by atoms with Crippen LogP contribution >= 0.6 is 0 Å². The van der Waals surface area contributed by atoms with Crippen molar-refractivity contribution in [3.05, 3.63) is 47.9 Å². The van der Waals surface area contributed by atoms with Gasteiger partial charge in [0, 0.05) is 50.4 Å². The van der Waals surface area contributed by atoms with Gasteiger partial charge in [0.1, 0.15) is 5.82 Å². The third-order valence-electron chi connectivity index (χ3n) is 5.94. The average molecular weight is 437 g/mol. The van der Waals surface area contributed by atoms with Crippen molar-refractivity contribution in [3.8, 4) is 0 Å². The second-order valence-corrected chi connectivity index (χ2v) is 8.46. The fraction of sp³-hybridized carbons (Fsp3) is 0.458. The molecule has 2 N–H and O–H groups in total. The molecule has 1 atom stereocenters. The van der Waals surface area contributed by atoms with Gasteiger partial charge < -0.3 is 15.4 Å². The normalized spacial score (nSPS) is 16.9. The van der Waals surface area contributed by atoms with Crippen molar-refractivity contribution >= 4 is 28.2 Å². The molecule has 8 heteroatoms. The number of pyridine rings is 1. The summed E-state index contributed by atoms with van der Waals surface area (Å²) in [7, 11) is 3.55. The lowest BCUT2D eigenvalue weighted by molar-refractivity contribution is -0.117. The molecule has 170 valence electrons. The Morgan fingerprint density at radius 2 is 2.16 bits per heavy atom. The highest BCUT2D eigenvalue weighted by Gasteiger charge is 2.25. The highest BCUT2D eigenvalue weighted by atomic mass is 16.5. The smallest absolute Gasteiger partial charge is 0.238 e. The van der Waals surface area contributed by atoms with E-state index >= 15 is 0 Å². The molecule has 4 rings (SSSR count). The number of hydrogen-bond donors (Lipinski definition) is 2. The zero-order chi connectivity index (χ0) is 22.5. The molecule has 1 amide bonds. The quantitative estimate of drug-likeness (QED) is 0.528. The predicted molar refractivity (Wildman–Crippen MR) is 127 cm³/mol. The maximum atomic E-state index is 12.6. The standard InChI is InChI=1S/C24H32N6O2/c1-17-22(15-29(2)28-17)26-23(31)16-30-11-6-8-19(14-30)21-13-18-7-4-5-9-20(18)24(27-21)25-10-12-32-3/h4-5,7,9,13,15,19H,6,8,10-12,14,16H2,1-3H3,(H,25,27)(H,26,31)/t19-/m1/s1. The molecule has 0 saturated carbocycles. The molecule has 1 aliphatic rings. The minimum atomic E-state index is -0.00450. The van der Waals surface area contributed by atoms with Gasteiger partial charge in [0.15, 0.2) is 0 Å². The molecule has 0 bridgehead atoms. The summed E-state index contributed by atoms with van der Waals surface area (Å²) in [5.41, 5.74) is 2.68. The number of methoxy groups -OCH3 is 1. The molecule has 3 aromatic rings. The van der Waals surface area contributed by atoms with Crippen LogP contribution in [-0.2, 0) is 16.6 Å². The molecule has 0 unspecified atom stereocenters. The highest BCUT2D eigenvalue weighted by molar-refractivity contribution is 5.93. The van der Waals surface area contributed by atoms with Crippen molar-refractivity contribution in [3.63, 3.8) is 0 Å². The predicted octanol–water partition coefficient (Wildman–Crippen LogP) is 3.15. The van der Waals surface area contributed by atoms with Gasteiger partial charge in [0.25, 0.3) is 0 Å². The molecular weight excluding hydrogens is 404 g/mol. The van der Waals surface area contributed by atoms with Crippen molar-refractivity contribution in [1.82, 2.24) is 19.7 Å². The summed E-state index contributed by atoms with van der Waals surface area (Å²) in [6, 6.07) is 10.5. The van der Waals surface area contributed by atoms with Gasteiger partial charge in [-0.25, -0.2) is 4.98 Å². The number of hydrogen-bond acceptors (Lipinski definition) is 6. The van der Waals surface area contributed by atoms with E-state index in [9.17, 15) is 4.79 Å². The summed E-state index contributed by atoms with van der Waals surface area (Å²) in [6.45, 7) is 5.35. The van der Waals surface area contributed by atoms with Crippen LogP contribution in [0.5, 0.6) is 0 Å². The average Bonchev–Trinajstić information content (AvgIpc) is 3.10. The fourth-order valence-corrected chi connectivity index (χ4v) is 4.39. The van der Waals surface area contributed by atoms with E-state index in [1.54, 1.807) is 11.8 Å². The van der Waals surface area contributed by atoms with Gasteiger partial charge in [-0.2, -0.15) is 5.10 Å². The fourth-order valence-electron chi connectivity index (χ4n) is 4.39. The Morgan fingerprint density at radius 1 is 1.31 bits per heavy atom. The Hall–Kier alpha value is -2.97. The van der Waals surface area contributed by atoms with Crippen molar-refractivity contribution < 1.29 is 9.53 Å². The second-order valence-electron chi connectivity index (χ2n) is 8.46. The summed E-state index contributed by atoms with van der Waals surface area (Å²) in [6.07, 6.45) is 3.96. The SMILES string of the molecule is COCCNc1nc([C@@H]2CCCN(CC(=O)Nc3cn(C)nc3C)C2)cc2ccccc12. The van der Waals surface area contributed by atoms with Crippen molar-refractivity contribution in [2.24, 2.45) is 7.05 Å². The molecule has 0 spiro atoms. The lowest BCUT2D eigenvalue weighted by Crippen LogP contribution is -2.40. The van der Waals surface area contributed by atoms with Gasteiger partial charge in [0.2, 0.25) is 5.91 Å². The first-order valence-electron chi connectivity index (χ1n) is 11.2. The molecule has 0 radical (unpaired) electrons. The van der Waals surface area contributed by atoms with Crippen molar-refractivity contribution in [2.45, 2.75) is 25.7 Å². The first-order chi connectivity index (χ1) is 15.5. The molecular formula is C24H32N6O2. The molecule has 8 nitrogen and oxygen atoms in total. The van der Waals surface area contributed by atoms with Crippen LogP contribution in [0.4, 0.5) is 11.5 Å². The van der Waals surface area contributed by atoms with E-state index in [-0.39, 0.29) is 5.91 Å². The van der Waals surface area contributed by atoms with Crippen LogP contribution < -0.4 is 10.6 Å². The minimum absolute atomic E-state index is 0.00450. The molecule has 1 saturated heterocycles. The van der Waals surface area contributed by atoms with Crippen LogP contribution in [0.1, 0.15) is 30.1 Å². The number of aryl methyl sites for hydroxylation is 2. The largest absolute Gasteiger partial charge is 0.383 e. The van der Waals surface area contributed by atoms with Crippen LogP contribution in [0.25, 0.3) is 10.8 Å². The van der Waals surface area contributed by atoms with Crippen molar-refractivity contribution in [1.29, 1.82) is 0 Å². The van der Waals surface area contributed by atoms with Crippen LogP contribution in [0, 0.1) is 6.92 Å². The third-order valence-corrected chi connectivity index (χ3v) is 5.94. The van der Waals surface area contributed by atoms with Crippen molar-refractivity contribution in [2.75, 3.05) is 50.5 Å². The Balaban J connectivity index is 1.46. The van der Waals surface area contributed by atoms with Gasteiger partial charge in [-0.1, -0.05) is 24.3 Å². The lowest BCUT2D eigenvalue weighted by Gasteiger charge is -2.32. The number of ether oxygens (including phenoxy) is 1. The number of amides is 1. The van der Waals surface area contributed by atoms with E-state index in [0.29, 0.717) is 25.6 Å². The summed E-state index contributed by atoms with van der Waals surface area (Å²) in [5, 5.41) is 13.0. The number of piperidine rings is 1. The number of carbonyl (C=O) groups excluding carboxylic acids is 1. The number of anilines is 2. The Morgan fingerprint density at radius 3 is 2.94 bits per heavy atom. The molecule has 0 aliphatic carbocycles. The van der Waals surface area contributed by atoms with E-state index in [0.717, 1.165) is 54.2 Å². The van der Waals surface area contributed by atoms with Crippen LogP contribution in [-0.4, -0.2) is 65.5 Å². The number of benzene rings is 1. The number of nitrogens with zero attached hydrogens (tertiary/aromatic N) is 4. The summed E-state index contributed by atoms with van der Waals surface area (Å²) >= 11 is 0. The monoisotopic (exact) mass is 436 g/mol. The second kappa shape index (κ2) is 10.1. The van der Waals surface area contributed by atoms with Gasteiger partial charge in [0.05, 0.1) is 24.5 Å².